The Morgan fingerprint density at radius 2 is 2.13 bits per heavy atom. The van der Waals surface area contributed by atoms with Gasteiger partial charge in [0.2, 0.25) is 0 Å². The van der Waals surface area contributed by atoms with Gasteiger partial charge in [0, 0.05) is 42.7 Å². The smallest absolute Gasteiger partial charge is 0.272 e. The molecule has 0 aliphatic carbocycles. The second-order valence-electron chi connectivity index (χ2n) is 8.54. The molecule has 8 heteroatoms. The van der Waals surface area contributed by atoms with E-state index in [9.17, 15) is 4.79 Å². The zero-order chi connectivity index (χ0) is 21.2. The molecular weight excluding hydrogens is 392 g/mol. The number of aryl methyl sites for hydroxylation is 1. The summed E-state index contributed by atoms with van der Waals surface area (Å²) in [5.41, 5.74) is 5.19. The maximum Gasteiger partial charge on any atom is 0.272 e. The lowest BCUT2D eigenvalue weighted by atomic mass is 9.96. The first kappa shape index (κ1) is 20.2. The minimum atomic E-state index is -0.100. The topological polar surface area (TPSA) is 88.1 Å². The van der Waals surface area contributed by atoms with E-state index in [-0.39, 0.29) is 5.91 Å². The average molecular weight is 423 g/mol. The van der Waals surface area contributed by atoms with Crippen LogP contribution in [0, 0.1) is 5.92 Å². The number of aromatic amines is 1. The van der Waals surface area contributed by atoms with Crippen molar-refractivity contribution in [3.63, 3.8) is 0 Å². The van der Waals surface area contributed by atoms with Gasteiger partial charge in [0.15, 0.2) is 5.69 Å². The zero-order valence-electron chi connectivity index (χ0n) is 18.1. The number of carbonyl (C=O) groups excluding carboxylic acids is 1. The van der Waals surface area contributed by atoms with Gasteiger partial charge in [-0.25, -0.2) is 0 Å². The van der Waals surface area contributed by atoms with Crippen LogP contribution in [0.3, 0.4) is 0 Å². The Kier molecular flexibility index (Phi) is 5.74. The molecule has 5 rings (SSSR count). The number of amides is 1. The number of likely N-dealkylation sites (tertiary alicyclic amines) is 1. The number of benzene rings is 1. The van der Waals surface area contributed by atoms with Gasteiger partial charge in [0.25, 0.3) is 5.91 Å². The van der Waals surface area contributed by atoms with Crippen molar-refractivity contribution in [2.75, 3.05) is 26.2 Å². The molecule has 2 N–H and O–H groups in total. The molecule has 0 atom stereocenters. The molecule has 164 valence electrons. The molecule has 0 spiro atoms. The van der Waals surface area contributed by atoms with E-state index in [2.05, 4.69) is 32.0 Å². The highest BCUT2D eigenvalue weighted by atomic mass is 16.5. The van der Waals surface area contributed by atoms with Crippen molar-refractivity contribution in [1.29, 1.82) is 0 Å². The normalized spacial score (nSPS) is 17.7. The number of nitrogens with zero attached hydrogens (tertiary/aromatic N) is 4. The summed E-state index contributed by atoms with van der Waals surface area (Å²) in [4.78, 5) is 15.1. The maximum absolute atomic E-state index is 12.6. The molecule has 0 bridgehead atoms. The zero-order valence-corrected chi connectivity index (χ0v) is 18.1. The van der Waals surface area contributed by atoms with E-state index in [1.807, 2.05) is 24.3 Å². The monoisotopic (exact) mass is 422 g/mol. The van der Waals surface area contributed by atoms with E-state index < -0.39 is 0 Å². The van der Waals surface area contributed by atoms with Crippen LogP contribution in [-0.2, 0) is 30.9 Å². The number of nitrogens with one attached hydrogen (secondary N) is 2. The summed E-state index contributed by atoms with van der Waals surface area (Å²) in [5.74, 6) is 0.396. The number of fused-ring (bicyclic) bond motifs is 2. The second-order valence-corrected chi connectivity index (χ2v) is 8.54. The lowest BCUT2D eigenvalue weighted by Gasteiger charge is -2.31. The van der Waals surface area contributed by atoms with Gasteiger partial charge in [-0.3, -0.25) is 19.5 Å². The van der Waals surface area contributed by atoms with Crippen molar-refractivity contribution >= 4 is 16.8 Å². The number of rotatable bonds is 6. The van der Waals surface area contributed by atoms with Crippen molar-refractivity contribution in [2.45, 2.75) is 45.9 Å². The molecule has 1 fully saturated rings. The predicted octanol–water partition coefficient (Wildman–Crippen LogP) is 2.49. The van der Waals surface area contributed by atoms with Gasteiger partial charge < -0.3 is 10.1 Å². The van der Waals surface area contributed by atoms with Crippen LogP contribution in [0.2, 0.25) is 0 Å². The van der Waals surface area contributed by atoms with Crippen LogP contribution in [0.15, 0.2) is 24.3 Å². The summed E-state index contributed by atoms with van der Waals surface area (Å²) < 4.78 is 7.84. The first-order chi connectivity index (χ1) is 15.2. The quantitative estimate of drug-likeness (QED) is 0.637. The SMILES string of the molecule is CCn1nc(CN2CCC(CNC(=O)c3n[nH]c4ccccc34)CC2)c2c1CCOC2. The van der Waals surface area contributed by atoms with E-state index in [0.29, 0.717) is 24.8 Å². The molecular formula is C23H30N6O2. The molecule has 1 saturated heterocycles. The minimum Gasteiger partial charge on any atom is -0.376 e. The molecule has 3 aromatic rings. The molecule has 4 heterocycles. The molecule has 0 radical (unpaired) electrons. The highest BCUT2D eigenvalue weighted by Gasteiger charge is 2.25. The Bertz CT molecular complexity index is 1060. The molecule has 31 heavy (non-hydrogen) atoms. The number of hydrogen-bond acceptors (Lipinski definition) is 5. The van der Waals surface area contributed by atoms with E-state index in [0.717, 1.165) is 63.0 Å². The minimum absolute atomic E-state index is 0.100. The van der Waals surface area contributed by atoms with Gasteiger partial charge in [-0.05, 0) is 44.8 Å². The van der Waals surface area contributed by atoms with E-state index >= 15 is 0 Å². The van der Waals surface area contributed by atoms with Crippen LogP contribution in [0.5, 0.6) is 0 Å². The molecule has 1 aromatic carbocycles. The third-order valence-corrected chi connectivity index (χ3v) is 6.60. The van der Waals surface area contributed by atoms with Crippen LogP contribution in [0.25, 0.3) is 10.9 Å². The summed E-state index contributed by atoms with van der Waals surface area (Å²) in [6.07, 6.45) is 3.12. The molecule has 0 saturated carbocycles. The fourth-order valence-electron chi connectivity index (χ4n) is 4.78. The van der Waals surface area contributed by atoms with Crippen LogP contribution in [0.4, 0.5) is 0 Å². The highest BCUT2D eigenvalue weighted by molar-refractivity contribution is 6.04. The van der Waals surface area contributed by atoms with Crippen LogP contribution >= 0.6 is 0 Å². The van der Waals surface area contributed by atoms with Gasteiger partial charge in [-0.1, -0.05) is 18.2 Å². The van der Waals surface area contributed by atoms with E-state index in [1.165, 1.54) is 17.0 Å². The standard InChI is InChI=1S/C23H30N6O2/c1-2-29-21-9-12-31-15-18(21)20(27-29)14-28-10-7-16(8-11-28)13-24-23(30)22-17-5-3-4-6-19(17)25-26-22/h3-6,16H,2,7-15H2,1H3,(H,24,30)(H,25,26). The summed E-state index contributed by atoms with van der Waals surface area (Å²) in [6, 6.07) is 7.72. The predicted molar refractivity (Wildman–Crippen MR) is 118 cm³/mol. The molecule has 2 aliphatic heterocycles. The number of carbonyl (C=O) groups is 1. The summed E-state index contributed by atoms with van der Waals surface area (Å²) in [7, 11) is 0. The number of para-hydroxylation sites is 1. The lowest BCUT2D eigenvalue weighted by Crippen LogP contribution is -2.38. The number of H-pyrrole nitrogens is 1. The average Bonchev–Trinajstić information content (AvgIpc) is 3.40. The molecule has 0 unspecified atom stereocenters. The van der Waals surface area contributed by atoms with Crippen LogP contribution < -0.4 is 5.32 Å². The molecule has 2 aliphatic rings. The van der Waals surface area contributed by atoms with Crippen molar-refractivity contribution < 1.29 is 9.53 Å². The maximum atomic E-state index is 12.6. The van der Waals surface area contributed by atoms with Crippen LogP contribution in [0.1, 0.15) is 47.2 Å². The number of ether oxygens (including phenoxy) is 1. The van der Waals surface area contributed by atoms with Gasteiger partial charge in [0.1, 0.15) is 0 Å². The van der Waals surface area contributed by atoms with Crippen molar-refractivity contribution in [3.05, 3.63) is 46.9 Å². The number of hydrogen-bond donors (Lipinski definition) is 2. The Hall–Kier alpha value is -2.71. The molecule has 8 nitrogen and oxygen atoms in total. The first-order valence-corrected chi connectivity index (χ1v) is 11.3. The summed E-state index contributed by atoms with van der Waals surface area (Å²) in [6.45, 7) is 8.19. The summed E-state index contributed by atoms with van der Waals surface area (Å²) in [5, 5.41) is 16.0. The largest absolute Gasteiger partial charge is 0.376 e. The van der Waals surface area contributed by atoms with E-state index in [4.69, 9.17) is 9.84 Å². The van der Waals surface area contributed by atoms with Crippen LogP contribution in [-0.4, -0.2) is 57.0 Å². The van der Waals surface area contributed by atoms with Crippen molar-refractivity contribution in [3.8, 4) is 0 Å². The van der Waals surface area contributed by atoms with Gasteiger partial charge in [-0.15, -0.1) is 0 Å². The third-order valence-electron chi connectivity index (χ3n) is 6.60. The number of piperidine rings is 1. The van der Waals surface area contributed by atoms with Gasteiger partial charge in [0.05, 0.1) is 24.4 Å². The highest BCUT2D eigenvalue weighted by Crippen LogP contribution is 2.24. The lowest BCUT2D eigenvalue weighted by molar-refractivity contribution is 0.0931. The Morgan fingerprint density at radius 1 is 1.29 bits per heavy atom. The fraction of sp³-hybridized carbons (Fsp3) is 0.522. The first-order valence-electron chi connectivity index (χ1n) is 11.3. The third kappa shape index (κ3) is 4.09. The Balaban J connectivity index is 1.14. The summed E-state index contributed by atoms with van der Waals surface area (Å²) >= 11 is 0. The Morgan fingerprint density at radius 3 is 2.97 bits per heavy atom. The van der Waals surface area contributed by atoms with Crippen molar-refractivity contribution in [2.24, 2.45) is 5.92 Å². The van der Waals surface area contributed by atoms with Gasteiger partial charge >= 0.3 is 0 Å². The van der Waals surface area contributed by atoms with Crippen molar-refractivity contribution in [1.82, 2.24) is 30.2 Å². The fourth-order valence-corrected chi connectivity index (χ4v) is 4.78. The van der Waals surface area contributed by atoms with Gasteiger partial charge in [-0.2, -0.15) is 10.2 Å². The second kappa shape index (κ2) is 8.80. The molecule has 1 amide bonds. The van der Waals surface area contributed by atoms with E-state index in [1.54, 1.807) is 0 Å². The molecule has 2 aromatic heterocycles. The Labute approximate surface area is 181 Å². The number of aromatic nitrogens is 4.